The maximum atomic E-state index is 13.0. The molecule has 1 unspecified atom stereocenters. The van der Waals surface area contributed by atoms with Crippen molar-refractivity contribution in [2.24, 2.45) is 0 Å². The van der Waals surface area contributed by atoms with Crippen LogP contribution < -0.4 is 19.5 Å². The maximum absolute atomic E-state index is 13.0. The SMILES string of the molecule is COc1ccc(C(CC(=O)NCCN2CCOCC2)NS(=O)(=O)c2ccc(OC)cc2)cc1. The molecule has 2 N–H and O–H groups in total. The van der Waals surface area contributed by atoms with Crippen LogP contribution in [0, 0.1) is 0 Å². The molecule has 1 aliphatic heterocycles. The first kappa shape index (κ1) is 25.0. The number of methoxy groups -OCH3 is 2. The standard InChI is InChI=1S/C23H31N3O6S/c1-30-19-5-3-18(4-6-19)22(17-23(27)24-11-12-26-13-15-32-16-14-26)25-33(28,29)21-9-7-20(31-2)8-10-21/h3-10,22,25H,11-17H2,1-2H3,(H,24,27). The number of hydrogen-bond donors (Lipinski definition) is 2. The molecular weight excluding hydrogens is 446 g/mol. The predicted molar refractivity (Wildman–Crippen MR) is 124 cm³/mol. The lowest BCUT2D eigenvalue weighted by Gasteiger charge is -2.26. The zero-order valence-electron chi connectivity index (χ0n) is 19.0. The molecule has 0 bridgehead atoms. The summed E-state index contributed by atoms with van der Waals surface area (Å²) in [5.74, 6) is 0.965. The van der Waals surface area contributed by atoms with Crippen LogP contribution in [0.4, 0.5) is 0 Å². The Morgan fingerprint density at radius 1 is 1.00 bits per heavy atom. The second-order valence-corrected chi connectivity index (χ2v) is 9.34. The minimum absolute atomic E-state index is 0.0369. The zero-order valence-corrected chi connectivity index (χ0v) is 19.8. The lowest BCUT2D eigenvalue weighted by Crippen LogP contribution is -2.42. The van der Waals surface area contributed by atoms with Crippen LogP contribution in [0.3, 0.4) is 0 Å². The molecule has 180 valence electrons. The molecule has 1 atom stereocenters. The minimum Gasteiger partial charge on any atom is -0.497 e. The largest absolute Gasteiger partial charge is 0.497 e. The number of carbonyl (C=O) groups is 1. The van der Waals surface area contributed by atoms with E-state index < -0.39 is 16.1 Å². The lowest BCUT2D eigenvalue weighted by molar-refractivity contribution is -0.121. The normalized spacial score (nSPS) is 15.6. The molecule has 1 aliphatic rings. The number of nitrogens with one attached hydrogen (secondary N) is 2. The Balaban J connectivity index is 1.69. The van der Waals surface area contributed by atoms with Crippen LogP contribution in [-0.2, 0) is 19.6 Å². The number of amides is 1. The van der Waals surface area contributed by atoms with E-state index in [4.69, 9.17) is 14.2 Å². The van der Waals surface area contributed by atoms with Crippen molar-refractivity contribution in [2.45, 2.75) is 17.4 Å². The number of hydrogen-bond acceptors (Lipinski definition) is 7. The van der Waals surface area contributed by atoms with E-state index in [0.717, 1.165) is 19.6 Å². The number of ether oxygens (including phenoxy) is 3. The van der Waals surface area contributed by atoms with Gasteiger partial charge in [0, 0.05) is 32.6 Å². The van der Waals surface area contributed by atoms with E-state index in [-0.39, 0.29) is 17.2 Å². The number of nitrogens with zero attached hydrogens (tertiary/aromatic N) is 1. The van der Waals surface area contributed by atoms with Gasteiger partial charge in [0.05, 0.1) is 38.4 Å². The number of carbonyl (C=O) groups excluding carboxylic acids is 1. The van der Waals surface area contributed by atoms with Gasteiger partial charge in [-0.1, -0.05) is 12.1 Å². The van der Waals surface area contributed by atoms with Crippen LogP contribution in [0.2, 0.25) is 0 Å². The molecule has 1 saturated heterocycles. The zero-order chi connectivity index (χ0) is 23.7. The van der Waals surface area contributed by atoms with Gasteiger partial charge in [-0.2, -0.15) is 0 Å². The van der Waals surface area contributed by atoms with Gasteiger partial charge in [0.25, 0.3) is 0 Å². The van der Waals surface area contributed by atoms with Crippen molar-refractivity contribution in [1.82, 2.24) is 14.9 Å². The lowest BCUT2D eigenvalue weighted by atomic mass is 10.0. The first-order valence-corrected chi connectivity index (χ1v) is 12.3. The highest BCUT2D eigenvalue weighted by Crippen LogP contribution is 2.24. The van der Waals surface area contributed by atoms with Crippen LogP contribution in [-0.4, -0.2) is 72.8 Å². The van der Waals surface area contributed by atoms with E-state index in [0.29, 0.717) is 36.8 Å². The van der Waals surface area contributed by atoms with Crippen LogP contribution in [0.5, 0.6) is 11.5 Å². The van der Waals surface area contributed by atoms with E-state index in [2.05, 4.69) is 14.9 Å². The Kier molecular flexibility index (Phi) is 9.07. The monoisotopic (exact) mass is 477 g/mol. The van der Waals surface area contributed by atoms with Crippen molar-refractivity contribution in [3.63, 3.8) is 0 Å². The summed E-state index contributed by atoms with van der Waals surface area (Å²) in [5.41, 5.74) is 0.663. The summed E-state index contributed by atoms with van der Waals surface area (Å²) in [4.78, 5) is 15.0. The number of rotatable bonds is 11. The molecule has 0 spiro atoms. The van der Waals surface area contributed by atoms with Crippen LogP contribution >= 0.6 is 0 Å². The van der Waals surface area contributed by atoms with Gasteiger partial charge in [-0.3, -0.25) is 9.69 Å². The van der Waals surface area contributed by atoms with E-state index in [1.807, 2.05) is 0 Å². The van der Waals surface area contributed by atoms with E-state index >= 15 is 0 Å². The molecule has 3 rings (SSSR count). The maximum Gasteiger partial charge on any atom is 0.241 e. The average Bonchev–Trinajstić information content (AvgIpc) is 2.84. The summed E-state index contributed by atoms with van der Waals surface area (Å²) < 4.78 is 44.3. The molecular formula is C23H31N3O6S. The second-order valence-electron chi connectivity index (χ2n) is 7.63. The van der Waals surface area contributed by atoms with Crippen molar-refractivity contribution in [3.05, 3.63) is 54.1 Å². The van der Waals surface area contributed by atoms with Crippen LogP contribution in [0.25, 0.3) is 0 Å². The summed E-state index contributed by atoms with van der Waals surface area (Å²) in [6.07, 6.45) is -0.0369. The van der Waals surface area contributed by atoms with Gasteiger partial charge in [-0.15, -0.1) is 0 Å². The van der Waals surface area contributed by atoms with Crippen molar-refractivity contribution < 1.29 is 27.4 Å². The highest BCUT2D eigenvalue weighted by Gasteiger charge is 2.24. The summed E-state index contributed by atoms with van der Waals surface area (Å²) in [6.45, 7) is 4.28. The van der Waals surface area contributed by atoms with E-state index in [1.54, 1.807) is 43.5 Å². The molecule has 0 radical (unpaired) electrons. The first-order chi connectivity index (χ1) is 15.9. The Labute approximate surface area is 195 Å². The van der Waals surface area contributed by atoms with Gasteiger partial charge in [-0.05, 0) is 42.0 Å². The van der Waals surface area contributed by atoms with Crippen molar-refractivity contribution in [1.29, 1.82) is 0 Å². The van der Waals surface area contributed by atoms with Crippen LogP contribution in [0.15, 0.2) is 53.4 Å². The fraction of sp³-hybridized carbons (Fsp3) is 0.435. The quantitative estimate of drug-likeness (QED) is 0.506. The highest BCUT2D eigenvalue weighted by atomic mass is 32.2. The highest BCUT2D eigenvalue weighted by molar-refractivity contribution is 7.89. The number of morpholine rings is 1. The fourth-order valence-corrected chi connectivity index (χ4v) is 4.73. The smallest absolute Gasteiger partial charge is 0.241 e. The van der Waals surface area contributed by atoms with E-state index in [9.17, 15) is 13.2 Å². The third-order valence-electron chi connectivity index (χ3n) is 5.43. The van der Waals surface area contributed by atoms with E-state index in [1.165, 1.54) is 19.2 Å². The Bertz CT molecular complexity index is 990. The molecule has 0 aliphatic carbocycles. The van der Waals surface area contributed by atoms with Gasteiger partial charge >= 0.3 is 0 Å². The van der Waals surface area contributed by atoms with Crippen molar-refractivity contribution in [2.75, 3.05) is 53.6 Å². The van der Waals surface area contributed by atoms with Crippen molar-refractivity contribution in [3.8, 4) is 11.5 Å². The molecule has 1 fully saturated rings. The summed E-state index contributed by atoms with van der Waals surface area (Å²) in [6, 6.07) is 12.3. The van der Waals surface area contributed by atoms with Gasteiger partial charge in [0.2, 0.25) is 15.9 Å². The third kappa shape index (κ3) is 7.43. The number of sulfonamides is 1. The average molecular weight is 478 g/mol. The molecule has 1 amide bonds. The summed E-state index contributed by atoms with van der Waals surface area (Å²) in [5, 5.41) is 2.90. The fourth-order valence-electron chi connectivity index (χ4n) is 3.51. The van der Waals surface area contributed by atoms with Gasteiger partial charge in [0.15, 0.2) is 0 Å². The predicted octanol–water partition coefficient (Wildman–Crippen LogP) is 1.56. The molecule has 9 nitrogen and oxygen atoms in total. The van der Waals surface area contributed by atoms with Gasteiger partial charge in [0.1, 0.15) is 11.5 Å². The van der Waals surface area contributed by atoms with Crippen LogP contribution in [0.1, 0.15) is 18.0 Å². The topological polar surface area (TPSA) is 106 Å². The molecule has 0 saturated carbocycles. The summed E-state index contributed by atoms with van der Waals surface area (Å²) in [7, 11) is -0.801. The minimum atomic E-state index is -3.87. The number of benzene rings is 2. The second kappa shape index (κ2) is 12.0. The van der Waals surface area contributed by atoms with Crippen molar-refractivity contribution >= 4 is 15.9 Å². The molecule has 10 heteroatoms. The molecule has 1 heterocycles. The Hall–Kier alpha value is -2.66. The molecule has 2 aromatic rings. The van der Waals surface area contributed by atoms with Gasteiger partial charge < -0.3 is 19.5 Å². The summed E-state index contributed by atoms with van der Waals surface area (Å²) >= 11 is 0. The molecule has 33 heavy (non-hydrogen) atoms. The Morgan fingerprint density at radius 3 is 2.15 bits per heavy atom. The molecule has 0 aromatic heterocycles. The first-order valence-electron chi connectivity index (χ1n) is 10.8. The van der Waals surface area contributed by atoms with Gasteiger partial charge in [-0.25, -0.2) is 13.1 Å². The molecule has 2 aromatic carbocycles. The Morgan fingerprint density at radius 2 is 1.58 bits per heavy atom. The third-order valence-corrected chi connectivity index (χ3v) is 6.92.